The molecule has 0 spiro atoms. The van der Waals surface area contributed by atoms with Crippen molar-refractivity contribution in [1.82, 2.24) is 0 Å². The third-order valence-corrected chi connectivity index (χ3v) is 5.94. The van der Waals surface area contributed by atoms with Gasteiger partial charge in [0.2, 0.25) is 5.91 Å². The summed E-state index contributed by atoms with van der Waals surface area (Å²) >= 11 is 0. The third-order valence-electron chi connectivity index (χ3n) is 4.21. The van der Waals surface area contributed by atoms with Crippen LogP contribution in [0.1, 0.15) is 12.5 Å². The minimum absolute atomic E-state index is 0.0544. The van der Waals surface area contributed by atoms with E-state index in [1.165, 1.54) is 18.2 Å². The van der Waals surface area contributed by atoms with Gasteiger partial charge in [0.1, 0.15) is 5.75 Å². The Morgan fingerprint density at radius 1 is 1.04 bits per heavy atom. The fourth-order valence-electron chi connectivity index (χ4n) is 2.79. The summed E-state index contributed by atoms with van der Waals surface area (Å²) in [5.41, 5.74) is 0.946. The number of hydrogen-bond donors (Lipinski definition) is 2. The SMILES string of the molecule is CCS(=O)(=O)c1ccc(O)c(NC(=O)Cc2cccc3ccccc23)c1. The van der Waals surface area contributed by atoms with Crippen LogP contribution in [0.4, 0.5) is 5.69 Å². The first-order valence-electron chi connectivity index (χ1n) is 8.23. The van der Waals surface area contributed by atoms with Gasteiger partial charge in [0.25, 0.3) is 0 Å². The monoisotopic (exact) mass is 369 g/mol. The van der Waals surface area contributed by atoms with Crippen molar-refractivity contribution in [2.24, 2.45) is 0 Å². The molecule has 0 bridgehead atoms. The van der Waals surface area contributed by atoms with E-state index in [0.717, 1.165) is 16.3 Å². The van der Waals surface area contributed by atoms with Gasteiger partial charge in [0, 0.05) is 0 Å². The Bertz CT molecular complexity index is 1070. The van der Waals surface area contributed by atoms with Crippen LogP contribution in [0.5, 0.6) is 5.75 Å². The fourth-order valence-corrected chi connectivity index (χ4v) is 3.70. The maximum Gasteiger partial charge on any atom is 0.228 e. The van der Waals surface area contributed by atoms with Crippen molar-refractivity contribution in [2.45, 2.75) is 18.2 Å². The molecular formula is C20H19NO4S. The highest BCUT2D eigenvalue weighted by atomic mass is 32.2. The summed E-state index contributed by atoms with van der Waals surface area (Å²) in [5, 5.41) is 14.6. The Morgan fingerprint density at radius 3 is 2.54 bits per heavy atom. The maximum atomic E-state index is 12.4. The maximum absolute atomic E-state index is 12.4. The van der Waals surface area contributed by atoms with Crippen LogP contribution in [0.2, 0.25) is 0 Å². The zero-order chi connectivity index (χ0) is 18.7. The molecule has 0 fully saturated rings. The summed E-state index contributed by atoms with van der Waals surface area (Å²) in [4.78, 5) is 12.5. The van der Waals surface area contributed by atoms with Gasteiger partial charge in [-0.15, -0.1) is 0 Å². The van der Waals surface area contributed by atoms with E-state index >= 15 is 0 Å². The lowest BCUT2D eigenvalue weighted by Gasteiger charge is -2.11. The van der Waals surface area contributed by atoms with Gasteiger partial charge in [-0.25, -0.2) is 8.42 Å². The van der Waals surface area contributed by atoms with Gasteiger partial charge >= 0.3 is 0 Å². The molecule has 3 aromatic carbocycles. The Balaban J connectivity index is 1.85. The largest absolute Gasteiger partial charge is 0.506 e. The van der Waals surface area contributed by atoms with Gasteiger partial charge in [0.15, 0.2) is 9.84 Å². The average molecular weight is 369 g/mol. The molecule has 5 nitrogen and oxygen atoms in total. The number of carbonyl (C=O) groups is 1. The Labute approximate surface area is 152 Å². The highest BCUT2D eigenvalue weighted by molar-refractivity contribution is 7.91. The molecule has 0 aliphatic rings. The van der Waals surface area contributed by atoms with E-state index < -0.39 is 9.84 Å². The van der Waals surface area contributed by atoms with Crippen LogP contribution in [0.15, 0.2) is 65.6 Å². The second-order valence-corrected chi connectivity index (χ2v) is 8.22. The van der Waals surface area contributed by atoms with Crippen LogP contribution in [0, 0.1) is 0 Å². The molecule has 3 aromatic rings. The number of hydrogen-bond acceptors (Lipinski definition) is 4. The molecule has 1 amide bonds. The van der Waals surface area contributed by atoms with Gasteiger partial charge in [-0.05, 0) is 34.5 Å². The molecule has 0 saturated carbocycles. The van der Waals surface area contributed by atoms with Crippen molar-refractivity contribution >= 4 is 32.2 Å². The number of anilines is 1. The molecule has 0 aromatic heterocycles. The predicted molar refractivity (Wildman–Crippen MR) is 102 cm³/mol. The number of carbonyl (C=O) groups excluding carboxylic acids is 1. The first-order chi connectivity index (χ1) is 12.4. The van der Waals surface area contributed by atoms with Crippen LogP contribution < -0.4 is 5.32 Å². The summed E-state index contributed by atoms with van der Waals surface area (Å²) in [6.07, 6.45) is 0.117. The number of phenols is 1. The number of rotatable bonds is 5. The number of sulfone groups is 1. The van der Waals surface area contributed by atoms with E-state index in [0.29, 0.717) is 0 Å². The van der Waals surface area contributed by atoms with Crippen molar-refractivity contribution in [3.63, 3.8) is 0 Å². The molecule has 0 unspecified atom stereocenters. The Morgan fingerprint density at radius 2 is 1.77 bits per heavy atom. The van der Waals surface area contributed by atoms with Gasteiger partial charge in [0.05, 0.1) is 22.8 Å². The van der Waals surface area contributed by atoms with Crippen LogP contribution in [-0.4, -0.2) is 25.2 Å². The number of aromatic hydroxyl groups is 1. The number of benzene rings is 3. The van der Waals surface area contributed by atoms with Crippen LogP contribution >= 0.6 is 0 Å². The van der Waals surface area contributed by atoms with Crippen molar-refractivity contribution in [2.75, 3.05) is 11.1 Å². The topological polar surface area (TPSA) is 83.5 Å². The molecule has 2 N–H and O–H groups in total. The highest BCUT2D eigenvalue weighted by Crippen LogP contribution is 2.27. The lowest BCUT2D eigenvalue weighted by Crippen LogP contribution is -2.15. The van der Waals surface area contributed by atoms with E-state index in [1.807, 2.05) is 42.5 Å². The molecule has 0 atom stereocenters. The number of amides is 1. The van der Waals surface area contributed by atoms with Crippen LogP contribution in [0.25, 0.3) is 10.8 Å². The average Bonchev–Trinajstić information content (AvgIpc) is 2.63. The first-order valence-corrected chi connectivity index (χ1v) is 9.88. The molecule has 3 rings (SSSR count). The third kappa shape index (κ3) is 3.70. The molecule has 0 radical (unpaired) electrons. The van der Waals surface area contributed by atoms with Crippen LogP contribution in [0.3, 0.4) is 0 Å². The van der Waals surface area contributed by atoms with Crippen molar-refractivity contribution in [1.29, 1.82) is 0 Å². The van der Waals surface area contributed by atoms with Gasteiger partial charge in [-0.3, -0.25) is 4.79 Å². The summed E-state index contributed by atoms with van der Waals surface area (Å²) in [6.45, 7) is 1.54. The smallest absolute Gasteiger partial charge is 0.228 e. The molecule has 0 heterocycles. The summed E-state index contributed by atoms with van der Waals surface area (Å²) < 4.78 is 24.0. The predicted octanol–water partition coefficient (Wildman–Crippen LogP) is 3.52. The van der Waals surface area contributed by atoms with Crippen molar-refractivity contribution < 1.29 is 18.3 Å². The zero-order valence-corrected chi connectivity index (χ0v) is 15.1. The first kappa shape index (κ1) is 17.9. The number of nitrogens with one attached hydrogen (secondary N) is 1. The fraction of sp³-hybridized carbons (Fsp3) is 0.150. The molecule has 0 aliphatic heterocycles. The second-order valence-electron chi connectivity index (χ2n) is 5.95. The molecule has 0 saturated heterocycles. The molecule has 26 heavy (non-hydrogen) atoms. The lowest BCUT2D eigenvalue weighted by atomic mass is 10.0. The van der Waals surface area contributed by atoms with E-state index in [2.05, 4.69) is 5.32 Å². The van der Waals surface area contributed by atoms with E-state index in [1.54, 1.807) is 6.92 Å². The summed E-state index contributed by atoms with van der Waals surface area (Å²) in [5.74, 6) is -0.560. The Hall–Kier alpha value is -2.86. The van der Waals surface area contributed by atoms with Gasteiger partial charge in [-0.1, -0.05) is 49.4 Å². The molecule has 134 valence electrons. The van der Waals surface area contributed by atoms with E-state index in [9.17, 15) is 18.3 Å². The van der Waals surface area contributed by atoms with Gasteiger partial charge < -0.3 is 10.4 Å². The van der Waals surface area contributed by atoms with E-state index in [-0.39, 0.29) is 34.4 Å². The quantitative estimate of drug-likeness (QED) is 0.674. The van der Waals surface area contributed by atoms with Crippen molar-refractivity contribution in [3.05, 3.63) is 66.2 Å². The minimum atomic E-state index is -3.42. The van der Waals surface area contributed by atoms with Gasteiger partial charge in [-0.2, -0.15) is 0 Å². The summed E-state index contributed by atoms with van der Waals surface area (Å²) in [6, 6.07) is 17.4. The normalized spacial score (nSPS) is 11.4. The van der Waals surface area contributed by atoms with E-state index in [4.69, 9.17) is 0 Å². The molecule has 6 heteroatoms. The Kier molecular flexibility index (Phi) is 4.95. The molecule has 0 aliphatic carbocycles. The second kappa shape index (κ2) is 7.17. The van der Waals surface area contributed by atoms with Crippen molar-refractivity contribution in [3.8, 4) is 5.75 Å². The lowest BCUT2D eigenvalue weighted by molar-refractivity contribution is -0.115. The standard InChI is InChI=1S/C20H19NO4S/c1-2-26(24,25)16-10-11-19(22)18(13-16)21-20(23)12-15-8-5-7-14-6-3-4-9-17(14)15/h3-11,13,22H,2,12H2,1H3,(H,21,23). The minimum Gasteiger partial charge on any atom is -0.506 e. The number of fused-ring (bicyclic) bond motifs is 1. The zero-order valence-electron chi connectivity index (χ0n) is 14.3. The number of phenolic OH excluding ortho intramolecular Hbond substituents is 1. The highest BCUT2D eigenvalue weighted by Gasteiger charge is 2.16. The molecular weight excluding hydrogens is 350 g/mol. The summed E-state index contributed by atoms with van der Waals surface area (Å²) in [7, 11) is -3.42. The van der Waals surface area contributed by atoms with Crippen LogP contribution in [-0.2, 0) is 21.1 Å².